The fourth-order valence-electron chi connectivity index (χ4n) is 2.18. The average molecular weight is 299 g/mol. The molecular formula is C15H14FN5O. The molecule has 6 nitrogen and oxygen atoms in total. The predicted octanol–water partition coefficient (Wildman–Crippen LogP) is 2.44. The van der Waals surface area contributed by atoms with Crippen molar-refractivity contribution in [2.45, 2.75) is 20.8 Å². The van der Waals surface area contributed by atoms with Gasteiger partial charge in [0.15, 0.2) is 0 Å². The van der Waals surface area contributed by atoms with Gasteiger partial charge in [-0.3, -0.25) is 4.79 Å². The van der Waals surface area contributed by atoms with Crippen LogP contribution in [0.25, 0.3) is 5.78 Å². The number of aromatic nitrogens is 4. The van der Waals surface area contributed by atoms with Crippen molar-refractivity contribution in [3.8, 4) is 0 Å². The van der Waals surface area contributed by atoms with Gasteiger partial charge < -0.3 is 5.32 Å². The van der Waals surface area contributed by atoms with Crippen molar-refractivity contribution in [2.75, 3.05) is 5.32 Å². The molecule has 22 heavy (non-hydrogen) atoms. The molecule has 1 amide bonds. The van der Waals surface area contributed by atoms with Crippen LogP contribution in [0.1, 0.15) is 27.6 Å². The first-order chi connectivity index (χ1) is 10.4. The number of hydrogen-bond acceptors (Lipinski definition) is 4. The molecule has 2 aromatic heterocycles. The molecule has 0 bridgehead atoms. The Morgan fingerprint density at radius 1 is 1.18 bits per heavy atom. The second-order valence-corrected chi connectivity index (χ2v) is 5.12. The molecule has 1 aromatic carbocycles. The van der Waals surface area contributed by atoms with Crippen LogP contribution in [0.4, 0.5) is 10.1 Å². The summed E-state index contributed by atoms with van der Waals surface area (Å²) >= 11 is 0. The Labute approximate surface area is 126 Å². The summed E-state index contributed by atoms with van der Waals surface area (Å²) in [6.07, 6.45) is 0. The summed E-state index contributed by atoms with van der Waals surface area (Å²) in [5.41, 5.74) is 2.54. The van der Waals surface area contributed by atoms with Crippen LogP contribution in [-0.2, 0) is 0 Å². The van der Waals surface area contributed by atoms with Gasteiger partial charge in [0, 0.05) is 11.4 Å². The molecule has 7 heteroatoms. The van der Waals surface area contributed by atoms with E-state index in [2.05, 4.69) is 20.4 Å². The Hall–Kier alpha value is -2.83. The van der Waals surface area contributed by atoms with E-state index in [4.69, 9.17) is 0 Å². The first kappa shape index (κ1) is 14.1. The van der Waals surface area contributed by atoms with Gasteiger partial charge >= 0.3 is 0 Å². The molecule has 0 fully saturated rings. The number of carbonyl (C=O) groups excluding carboxylic acids is 1. The third-order valence-corrected chi connectivity index (χ3v) is 3.19. The van der Waals surface area contributed by atoms with E-state index >= 15 is 0 Å². The second kappa shape index (κ2) is 5.18. The molecule has 0 aliphatic heterocycles. The van der Waals surface area contributed by atoms with Crippen LogP contribution < -0.4 is 5.32 Å². The summed E-state index contributed by atoms with van der Waals surface area (Å²) in [4.78, 5) is 20.5. The van der Waals surface area contributed by atoms with E-state index in [9.17, 15) is 9.18 Å². The number of nitrogens with one attached hydrogen (secondary N) is 1. The smallest absolute Gasteiger partial charge is 0.295 e. The number of carbonyl (C=O) groups is 1. The van der Waals surface area contributed by atoms with E-state index < -0.39 is 11.7 Å². The van der Waals surface area contributed by atoms with Gasteiger partial charge in [-0.15, -0.1) is 5.10 Å². The van der Waals surface area contributed by atoms with Gasteiger partial charge in [0.25, 0.3) is 11.7 Å². The molecule has 0 aliphatic carbocycles. The maximum absolute atomic E-state index is 13.7. The molecule has 0 saturated carbocycles. The highest BCUT2D eigenvalue weighted by molar-refractivity contribution is 6.01. The molecule has 3 aromatic rings. The highest BCUT2D eigenvalue weighted by atomic mass is 19.1. The van der Waals surface area contributed by atoms with Crippen LogP contribution in [0.2, 0.25) is 0 Å². The number of aryl methyl sites for hydroxylation is 3. The van der Waals surface area contributed by atoms with Crippen molar-refractivity contribution in [1.82, 2.24) is 19.6 Å². The lowest BCUT2D eigenvalue weighted by Gasteiger charge is -2.04. The van der Waals surface area contributed by atoms with Crippen molar-refractivity contribution >= 4 is 17.4 Å². The van der Waals surface area contributed by atoms with Gasteiger partial charge in [-0.2, -0.15) is 4.98 Å². The maximum Gasteiger partial charge on any atom is 0.295 e. The topological polar surface area (TPSA) is 72.2 Å². The number of rotatable bonds is 2. The zero-order valence-electron chi connectivity index (χ0n) is 12.4. The molecule has 0 spiro atoms. The normalized spacial score (nSPS) is 10.9. The van der Waals surface area contributed by atoms with Crippen LogP contribution in [0, 0.1) is 26.6 Å². The van der Waals surface area contributed by atoms with Crippen molar-refractivity contribution < 1.29 is 9.18 Å². The van der Waals surface area contributed by atoms with Gasteiger partial charge in [0.1, 0.15) is 5.82 Å². The quantitative estimate of drug-likeness (QED) is 0.789. The third kappa shape index (κ3) is 2.52. The van der Waals surface area contributed by atoms with Crippen molar-refractivity contribution in [3.63, 3.8) is 0 Å². The van der Waals surface area contributed by atoms with Crippen LogP contribution in [0.3, 0.4) is 0 Å². The Bertz CT molecular complexity index is 887. The zero-order valence-corrected chi connectivity index (χ0v) is 12.4. The molecule has 0 unspecified atom stereocenters. The molecule has 0 saturated heterocycles. The van der Waals surface area contributed by atoms with E-state index in [0.29, 0.717) is 5.78 Å². The SMILES string of the molecule is Cc1ccc(F)c(NC(=O)c2nc3nc(C)cc(C)n3n2)c1. The van der Waals surface area contributed by atoms with Gasteiger partial charge in [-0.1, -0.05) is 6.07 Å². The van der Waals surface area contributed by atoms with Crippen molar-refractivity contribution in [3.05, 3.63) is 52.9 Å². The summed E-state index contributed by atoms with van der Waals surface area (Å²) in [6, 6.07) is 6.32. The van der Waals surface area contributed by atoms with Gasteiger partial charge in [-0.05, 0) is 44.5 Å². The Morgan fingerprint density at radius 2 is 1.95 bits per heavy atom. The highest BCUT2D eigenvalue weighted by Crippen LogP contribution is 2.16. The summed E-state index contributed by atoms with van der Waals surface area (Å²) in [7, 11) is 0. The lowest BCUT2D eigenvalue weighted by atomic mass is 10.2. The molecule has 1 N–H and O–H groups in total. The van der Waals surface area contributed by atoms with E-state index in [-0.39, 0.29) is 11.5 Å². The summed E-state index contributed by atoms with van der Waals surface area (Å²) < 4.78 is 15.2. The van der Waals surface area contributed by atoms with Crippen LogP contribution in [-0.4, -0.2) is 25.5 Å². The minimum Gasteiger partial charge on any atom is -0.317 e. The second-order valence-electron chi connectivity index (χ2n) is 5.12. The number of nitrogens with zero attached hydrogens (tertiary/aromatic N) is 4. The molecule has 3 rings (SSSR count). The van der Waals surface area contributed by atoms with Crippen molar-refractivity contribution in [2.24, 2.45) is 0 Å². The predicted molar refractivity (Wildman–Crippen MR) is 79.3 cm³/mol. The fraction of sp³-hybridized carbons (Fsp3) is 0.200. The van der Waals surface area contributed by atoms with Crippen LogP contribution in [0.5, 0.6) is 0 Å². The molecule has 0 radical (unpaired) electrons. The molecule has 0 aliphatic rings. The Morgan fingerprint density at radius 3 is 2.73 bits per heavy atom. The summed E-state index contributed by atoms with van der Waals surface area (Å²) in [6.45, 7) is 5.50. The van der Waals surface area contributed by atoms with Crippen LogP contribution in [0.15, 0.2) is 24.3 Å². The lowest BCUT2D eigenvalue weighted by Crippen LogP contribution is -2.15. The summed E-state index contributed by atoms with van der Waals surface area (Å²) in [5.74, 6) is -0.797. The van der Waals surface area contributed by atoms with E-state index in [0.717, 1.165) is 17.0 Å². The van der Waals surface area contributed by atoms with Crippen molar-refractivity contribution in [1.29, 1.82) is 0 Å². The number of halogens is 1. The molecular weight excluding hydrogens is 285 g/mol. The minimum absolute atomic E-state index is 0.0536. The standard InChI is InChI=1S/C15H14FN5O/c1-8-4-5-11(16)12(6-8)18-14(22)13-19-15-17-9(2)7-10(3)21(15)20-13/h4-7H,1-3H3,(H,18,22). The van der Waals surface area contributed by atoms with Crippen LogP contribution >= 0.6 is 0 Å². The minimum atomic E-state index is -0.577. The lowest BCUT2D eigenvalue weighted by molar-refractivity contribution is 0.101. The Balaban J connectivity index is 1.95. The highest BCUT2D eigenvalue weighted by Gasteiger charge is 2.16. The van der Waals surface area contributed by atoms with Gasteiger partial charge in [-0.25, -0.2) is 13.9 Å². The maximum atomic E-state index is 13.7. The number of benzene rings is 1. The third-order valence-electron chi connectivity index (χ3n) is 3.19. The number of fused-ring (bicyclic) bond motifs is 1. The largest absolute Gasteiger partial charge is 0.317 e. The molecule has 2 heterocycles. The fourth-order valence-corrected chi connectivity index (χ4v) is 2.18. The Kier molecular flexibility index (Phi) is 3.32. The number of anilines is 1. The number of hydrogen-bond donors (Lipinski definition) is 1. The van der Waals surface area contributed by atoms with Gasteiger partial charge in [0.2, 0.25) is 5.82 Å². The van der Waals surface area contributed by atoms with Gasteiger partial charge in [0.05, 0.1) is 5.69 Å². The monoisotopic (exact) mass is 299 g/mol. The van der Waals surface area contributed by atoms with E-state index in [1.807, 2.05) is 26.8 Å². The number of amides is 1. The average Bonchev–Trinajstić information content (AvgIpc) is 2.87. The summed E-state index contributed by atoms with van der Waals surface area (Å²) in [5, 5.41) is 6.59. The first-order valence-corrected chi connectivity index (χ1v) is 6.72. The van der Waals surface area contributed by atoms with E-state index in [1.54, 1.807) is 12.1 Å². The van der Waals surface area contributed by atoms with E-state index in [1.165, 1.54) is 10.6 Å². The first-order valence-electron chi connectivity index (χ1n) is 6.72. The molecule has 112 valence electrons. The zero-order chi connectivity index (χ0) is 15.9. The molecule has 0 atom stereocenters.